The van der Waals surface area contributed by atoms with Crippen LogP contribution in [0.4, 0.5) is 5.69 Å². The van der Waals surface area contributed by atoms with Gasteiger partial charge in [-0.15, -0.1) is 0 Å². The van der Waals surface area contributed by atoms with Crippen LogP contribution < -0.4 is 26.0 Å². The second-order valence-corrected chi connectivity index (χ2v) is 6.63. The van der Waals surface area contributed by atoms with Crippen LogP contribution in [0.1, 0.15) is 11.3 Å². The molecule has 0 aliphatic carbocycles. The van der Waals surface area contributed by atoms with Crippen LogP contribution in [-0.4, -0.2) is 26.8 Å². The highest BCUT2D eigenvalue weighted by Crippen LogP contribution is 2.34. The van der Waals surface area contributed by atoms with Gasteiger partial charge in [0.05, 0.1) is 5.39 Å². The van der Waals surface area contributed by atoms with Gasteiger partial charge in [-0.3, -0.25) is 18.7 Å². The van der Waals surface area contributed by atoms with Crippen LogP contribution in [-0.2, 0) is 18.4 Å². The summed E-state index contributed by atoms with van der Waals surface area (Å²) in [7, 11) is 1.53. The third kappa shape index (κ3) is 2.90. The maximum Gasteiger partial charge on any atom is 0.332 e. The maximum absolute atomic E-state index is 12.9. The number of nitrogens with one attached hydrogen (secondary N) is 1. The van der Waals surface area contributed by atoms with Gasteiger partial charge in [-0.05, 0) is 37.6 Å². The molecule has 28 heavy (non-hydrogen) atoms. The Kier molecular flexibility index (Phi) is 4.14. The lowest BCUT2D eigenvalue weighted by atomic mass is 10.2. The molecule has 9 heteroatoms. The molecule has 0 spiro atoms. The maximum atomic E-state index is 12.9. The molecular weight excluding hydrogens is 364 g/mol. The Morgan fingerprint density at radius 2 is 1.93 bits per heavy atom. The molecule has 0 bridgehead atoms. The topological polar surface area (TPSA) is 104 Å². The van der Waals surface area contributed by atoms with Crippen molar-refractivity contribution in [3.05, 3.63) is 56.4 Å². The van der Waals surface area contributed by atoms with Crippen molar-refractivity contribution in [1.82, 2.24) is 14.1 Å². The average molecular weight is 382 g/mol. The predicted octanol–water partition coefficient (Wildman–Crippen LogP) is 1.08. The lowest BCUT2D eigenvalue weighted by Gasteiger charge is -2.12. The molecule has 1 aromatic carbocycles. The largest absolute Gasteiger partial charge is 0.454 e. The third-order valence-electron chi connectivity index (χ3n) is 4.58. The Morgan fingerprint density at radius 1 is 1.18 bits per heavy atom. The lowest BCUT2D eigenvalue weighted by Crippen LogP contribution is -2.42. The van der Waals surface area contributed by atoms with Crippen molar-refractivity contribution in [2.45, 2.75) is 20.4 Å². The fourth-order valence-corrected chi connectivity index (χ4v) is 3.28. The molecule has 3 heterocycles. The molecular formula is C19H18N4O5. The smallest absolute Gasteiger partial charge is 0.332 e. The Morgan fingerprint density at radius 3 is 2.71 bits per heavy atom. The van der Waals surface area contributed by atoms with Gasteiger partial charge in [0.15, 0.2) is 11.5 Å². The fraction of sp³-hybridized carbons (Fsp3) is 0.263. The normalized spacial score (nSPS) is 12.4. The number of aryl methyl sites for hydroxylation is 3. The number of ether oxygens (including phenoxy) is 2. The Bertz CT molecular complexity index is 1240. The van der Waals surface area contributed by atoms with Crippen LogP contribution in [0, 0.1) is 13.8 Å². The molecule has 1 aliphatic rings. The number of anilines is 1. The average Bonchev–Trinajstić information content (AvgIpc) is 3.10. The first kappa shape index (κ1) is 17.8. The molecule has 0 unspecified atom stereocenters. The Hall–Kier alpha value is -3.62. The van der Waals surface area contributed by atoms with Crippen molar-refractivity contribution in [3.63, 3.8) is 0 Å². The van der Waals surface area contributed by atoms with E-state index in [1.807, 2.05) is 0 Å². The van der Waals surface area contributed by atoms with Gasteiger partial charge in [-0.2, -0.15) is 0 Å². The van der Waals surface area contributed by atoms with Crippen LogP contribution in [0.25, 0.3) is 11.0 Å². The van der Waals surface area contributed by atoms with Crippen LogP contribution in [0.3, 0.4) is 0 Å². The van der Waals surface area contributed by atoms with E-state index in [0.29, 0.717) is 39.5 Å². The second kappa shape index (κ2) is 6.52. The van der Waals surface area contributed by atoms with E-state index in [1.165, 1.54) is 11.6 Å². The minimum absolute atomic E-state index is 0.127. The number of carbonyl (C=O) groups is 1. The summed E-state index contributed by atoms with van der Waals surface area (Å²) in [5.74, 6) is 0.611. The number of carbonyl (C=O) groups excluding carboxylic acids is 1. The standard InChI is InChI=1S/C19H18N4O5/c1-10-6-11(2)20-17-16(10)18(25)23(19(26)22(17)3)8-15(24)21-12-4-5-13-14(7-12)28-9-27-13/h4-7H,8-9H2,1-3H3,(H,21,24). The van der Waals surface area contributed by atoms with Gasteiger partial charge in [0.1, 0.15) is 12.2 Å². The van der Waals surface area contributed by atoms with E-state index in [0.717, 1.165) is 4.57 Å². The second-order valence-electron chi connectivity index (χ2n) is 6.63. The molecule has 0 saturated heterocycles. The van der Waals surface area contributed by atoms with Crippen molar-refractivity contribution < 1.29 is 14.3 Å². The van der Waals surface area contributed by atoms with E-state index in [1.54, 1.807) is 38.1 Å². The number of nitrogens with zero attached hydrogens (tertiary/aromatic N) is 3. The number of hydrogen-bond donors (Lipinski definition) is 1. The summed E-state index contributed by atoms with van der Waals surface area (Å²) in [6, 6.07) is 6.73. The van der Waals surface area contributed by atoms with Crippen LogP contribution in [0.15, 0.2) is 33.9 Å². The molecule has 0 atom stereocenters. The van der Waals surface area contributed by atoms with Gasteiger partial charge in [-0.25, -0.2) is 9.78 Å². The highest BCUT2D eigenvalue weighted by Gasteiger charge is 2.18. The first-order valence-corrected chi connectivity index (χ1v) is 8.62. The number of aromatic nitrogens is 3. The van der Waals surface area contributed by atoms with Crippen LogP contribution >= 0.6 is 0 Å². The van der Waals surface area contributed by atoms with E-state index < -0.39 is 23.7 Å². The SMILES string of the molecule is Cc1cc(C)c2c(=O)n(CC(=O)Nc3ccc4c(c3)OCO4)c(=O)n(C)c2n1. The molecule has 4 rings (SSSR count). The van der Waals surface area contributed by atoms with E-state index >= 15 is 0 Å². The summed E-state index contributed by atoms with van der Waals surface area (Å²) in [4.78, 5) is 42.3. The summed E-state index contributed by atoms with van der Waals surface area (Å²) in [6.45, 7) is 3.28. The number of fused-ring (bicyclic) bond motifs is 2. The zero-order valence-electron chi connectivity index (χ0n) is 15.6. The number of pyridine rings is 1. The molecule has 2 aromatic heterocycles. The zero-order chi connectivity index (χ0) is 20.0. The minimum Gasteiger partial charge on any atom is -0.454 e. The van der Waals surface area contributed by atoms with Crippen molar-refractivity contribution in [2.75, 3.05) is 12.1 Å². The molecule has 1 aliphatic heterocycles. The van der Waals surface area contributed by atoms with Gasteiger partial charge in [0, 0.05) is 24.5 Å². The molecule has 1 N–H and O–H groups in total. The van der Waals surface area contributed by atoms with E-state index in [4.69, 9.17) is 9.47 Å². The van der Waals surface area contributed by atoms with E-state index in [9.17, 15) is 14.4 Å². The van der Waals surface area contributed by atoms with Gasteiger partial charge < -0.3 is 14.8 Å². The van der Waals surface area contributed by atoms with Crippen molar-refractivity contribution in [1.29, 1.82) is 0 Å². The third-order valence-corrected chi connectivity index (χ3v) is 4.58. The number of rotatable bonds is 3. The first-order valence-electron chi connectivity index (χ1n) is 8.62. The highest BCUT2D eigenvalue weighted by atomic mass is 16.7. The first-order chi connectivity index (χ1) is 13.3. The van der Waals surface area contributed by atoms with Gasteiger partial charge in [0.2, 0.25) is 12.7 Å². The molecule has 9 nitrogen and oxygen atoms in total. The van der Waals surface area contributed by atoms with E-state index in [-0.39, 0.29) is 6.79 Å². The summed E-state index contributed by atoms with van der Waals surface area (Å²) >= 11 is 0. The molecule has 144 valence electrons. The molecule has 1 amide bonds. The van der Waals surface area contributed by atoms with Crippen molar-refractivity contribution in [3.8, 4) is 11.5 Å². The highest BCUT2D eigenvalue weighted by molar-refractivity contribution is 5.91. The Balaban J connectivity index is 1.69. The number of benzene rings is 1. The summed E-state index contributed by atoms with van der Waals surface area (Å²) in [6.07, 6.45) is 0. The summed E-state index contributed by atoms with van der Waals surface area (Å²) < 4.78 is 12.7. The van der Waals surface area contributed by atoms with Gasteiger partial charge in [0.25, 0.3) is 5.56 Å². The molecule has 0 saturated carbocycles. The van der Waals surface area contributed by atoms with Crippen molar-refractivity contribution in [2.24, 2.45) is 7.05 Å². The summed E-state index contributed by atoms with van der Waals surface area (Å²) in [5, 5.41) is 2.99. The monoisotopic (exact) mass is 382 g/mol. The molecule has 3 aromatic rings. The number of hydrogen-bond acceptors (Lipinski definition) is 6. The summed E-state index contributed by atoms with van der Waals surface area (Å²) in [5.41, 5.74) is 1.05. The number of amides is 1. The van der Waals surface area contributed by atoms with Gasteiger partial charge in [-0.1, -0.05) is 0 Å². The minimum atomic E-state index is -0.601. The van der Waals surface area contributed by atoms with E-state index in [2.05, 4.69) is 10.3 Å². The van der Waals surface area contributed by atoms with Crippen molar-refractivity contribution >= 4 is 22.6 Å². The van der Waals surface area contributed by atoms with Crippen LogP contribution in [0.2, 0.25) is 0 Å². The quantitative estimate of drug-likeness (QED) is 0.727. The Labute approximate surface area is 159 Å². The lowest BCUT2D eigenvalue weighted by molar-refractivity contribution is -0.116. The molecule has 0 radical (unpaired) electrons. The molecule has 0 fully saturated rings. The zero-order valence-corrected chi connectivity index (χ0v) is 15.6. The van der Waals surface area contributed by atoms with Gasteiger partial charge >= 0.3 is 5.69 Å². The fourth-order valence-electron chi connectivity index (χ4n) is 3.28. The van der Waals surface area contributed by atoms with Crippen LogP contribution in [0.5, 0.6) is 11.5 Å². The predicted molar refractivity (Wildman–Crippen MR) is 102 cm³/mol.